The number of aliphatic hydroxyl groups excluding tert-OH is 1. The van der Waals surface area contributed by atoms with Gasteiger partial charge >= 0.3 is 5.97 Å². The maximum absolute atomic E-state index is 11.5. The SMILES string of the molecule is CC(C)(C)OC(=O)COCCOCCOCCOCCOCCOCCOCCOCCOCCOCCOCCO. The topological polar surface area (TPSA) is 148 Å². The minimum absolute atomic E-state index is 0.0220. The minimum Gasteiger partial charge on any atom is -0.458 e. The van der Waals surface area contributed by atoms with E-state index < -0.39 is 5.60 Å². The Morgan fingerprint density at radius 2 is 0.619 bits per heavy atom. The molecule has 42 heavy (non-hydrogen) atoms. The maximum Gasteiger partial charge on any atom is 0.332 e. The molecule has 0 heterocycles. The minimum atomic E-state index is -0.511. The number of hydrogen-bond donors (Lipinski definition) is 1. The number of carbonyl (C=O) groups excluding carboxylic acids is 1. The fourth-order valence-electron chi connectivity index (χ4n) is 2.79. The van der Waals surface area contributed by atoms with E-state index in [2.05, 4.69) is 0 Å². The Morgan fingerprint density at radius 1 is 0.405 bits per heavy atom. The van der Waals surface area contributed by atoms with Crippen LogP contribution in [0, 0.1) is 0 Å². The van der Waals surface area contributed by atoms with E-state index in [9.17, 15) is 4.79 Å². The van der Waals surface area contributed by atoms with Crippen molar-refractivity contribution in [2.45, 2.75) is 26.4 Å². The Labute approximate surface area is 251 Å². The van der Waals surface area contributed by atoms with Gasteiger partial charge in [-0.25, -0.2) is 4.79 Å². The molecule has 0 saturated carbocycles. The molecule has 0 aliphatic heterocycles. The molecule has 14 nitrogen and oxygen atoms in total. The quantitative estimate of drug-likeness (QED) is 0.0790. The molecule has 0 aliphatic rings. The largest absolute Gasteiger partial charge is 0.458 e. The summed E-state index contributed by atoms with van der Waals surface area (Å²) in [6.45, 7) is 15.1. The lowest BCUT2D eigenvalue weighted by Gasteiger charge is -2.19. The van der Waals surface area contributed by atoms with Crippen LogP contribution in [0.1, 0.15) is 20.8 Å². The van der Waals surface area contributed by atoms with Crippen LogP contribution in [0.2, 0.25) is 0 Å². The van der Waals surface area contributed by atoms with Gasteiger partial charge in [-0.2, -0.15) is 0 Å². The van der Waals surface area contributed by atoms with E-state index in [1.165, 1.54) is 0 Å². The third-order valence-electron chi connectivity index (χ3n) is 4.60. The molecule has 0 aromatic heterocycles. The predicted molar refractivity (Wildman–Crippen MR) is 152 cm³/mol. The van der Waals surface area contributed by atoms with Crippen LogP contribution in [0.15, 0.2) is 0 Å². The Balaban J connectivity index is 3.09. The molecule has 0 unspecified atom stereocenters. The first-order valence-corrected chi connectivity index (χ1v) is 14.6. The zero-order valence-electron chi connectivity index (χ0n) is 26.0. The van der Waals surface area contributed by atoms with Gasteiger partial charge in [-0.3, -0.25) is 0 Å². The first-order valence-electron chi connectivity index (χ1n) is 14.6. The van der Waals surface area contributed by atoms with Crippen LogP contribution in [-0.2, 0) is 61.6 Å². The summed E-state index contributed by atoms with van der Waals surface area (Å²) < 4.78 is 64.1. The highest BCUT2D eigenvalue weighted by molar-refractivity contribution is 5.71. The number of esters is 1. The van der Waals surface area contributed by atoms with E-state index in [1.54, 1.807) is 0 Å². The van der Waals surface area contributed by atoms with Gasteiger partial charge in [-0.05, 0) is 20.8 Å². The van der Waals surface area contributed by atoms with E-state index in [4.69, 9.17) is 61.9 Å². The zero-order valence-corrected chi connectivity index (χ0v) is 26.0. The summed E-state index contributed by atoms with van der Waals surface area (Å²) in [4.78, 5) is 11.5. The van der Waals surface area contributed by atoms with Crippen molar-refractivity contribution in [1.29, 1.82) is 0 Å². The van der Waals surface area contributed by atoms with E-state index in [0.29, 0.717) is 139 Å². The Bertz CT molecular complexity index is 547. The molecule has 0 saturated heterocycles. The molecule has 0 fully saturated rings. The van der Waals surface area contributed by atoms with Crippen molar-refractivity contribution in [1.82, 2.24) is 0 Å². The Morgan fingerprint density at radius 3 is 0.833 bits per heavy atom. The van der Waals surface area contributed by atoms with Crippen LogP contribution in [0.3, 0.4) is 0 Å². The van der Waals surface area contributed by atoms with Gasteiger partial charge in [-0.1, -0.05) is 0 Å². The third kappa shape index (κ3) is 37.0. The van der Waals surface area contributed by atoms with Crippen molar-refractivity contribution >= 4 is 5.97 Å². The molecular formula is C28H56O14. The average Bonchev–Trinajstić information content (AvgIpc) is 2.94. The second kappa shape index (κ2) is 32.9. The predicted octanol–water partition coefficient (Wildman–Crippen LogP) is 0.503. The van der Waals surface area contributed by atoms with Gasteiger partial charge in [0.15, 0.2) is 0 Å². The van der Waals surface area contributed by atoms with Crippen LogP contribution >= 0.6 is 0 Å². The molecule has 0 bridgehead atoms. The van der Waals surface area contributed by atoms with Crippen molar-refractivity contribution in [2.24, 2.45) is 0 Å². The number of ether oxygens (including phenoxy) is 12. The summed E-state index contributed by atoms with van der Waals surface area (Å²) in [6.07, 6.45) is 0. The van der Waals surface area contributed by atoms with Gasteiger partial charge in [0.25, 0.3) is 0 Å². The smallest absolute Gasteiger partial charge is 0.332 e. The van der Waals surface area contributed by atoms with Crippen molar-refractivity contribution < 1.29 is 66.7 Å². The van der Waals surface area contributed by atoms with E-state index in [0.717, 1.165) is 0 Å². The number of carbonyl (C=O) groups is 1. The molecule has 0 amide bonds. The average molecular weight is 617 g/mol. The van der Waals surface area contributed by atoms with Crippen molar-refractivity contribution in [3.05, 3.63) is 0 Å². The van der Waals surface area contributed by atoms with Crippen molar-refractivity contribution in [2.75, 3.05) is 152 Å². The highest BCUT2D eigenvalue weighted by Gasteiger charge is 2.15. The van der Waals surface area contributed by atoms with Gasteiger partial charge in [0.05, 0.1) is 145 Å². The number of hydrogen-bond acceptors (Lipinski definition) is 14. The standard InChI is InChI=1S/C28H56O14/c1-28(2,3)42-27(30)26-41-25-24-40-23-22-39-21-20-38-19-18-37-17-16-36-15-14-35-13-12-34-11-10-33-9-8-32-7-6-31-5-4-29/h29H,4-26H2,1-3H3. The van der Waals surface area contributed by atoms with E-state index in [1.807, 2.05) is 20.8 Å². The molecule has 14 heteroatoms. The third-order valence-corrected chi connectivity index (χ3v) is 4.60. The summed E-state index contributed by atoms with van der Waals surface area (Å²) in [5.41, 5.74) is -0.511. The van der Waals surface area contributed by atoms with Gasteiger partial charge in [0.2, 0.25) is 0 Å². The summed E-state index contributed by atoms with van der Waals surface area (Å²) in [5, 5.41) is 8.57. The highest BCUT2D eigenvalue weighted by atomic mass is 16.6. The molecule has 0 atom stereocenters. The first-order chi connectivity index (χ1) is 20.5. The van der Waals surface area contributed by atoms with Crippen LogP contribution in [0.4, 0.5) is 0 Å². The van der Waals surface area contributed by atoms with Crippen LogP contribution in [-0.4, -0.2) is 169 Å². The molecule has 252 valence electrons. The Hall–Kier alpha value is -1.01. The lowest BCUT2D eigenvalue weighted by molar-refractivity contribution is -0.160. The van der Waals surface area contributed by atoms with Crippen molar-refractivity contribution in [3.8, 4) is 0 Å². The fourth-order valence-corrected chi connectivity index (χ4v) is 2.79. The molecular weight excluding hydrogens is 560 g/mol. The zero-order chi connectivity index (χ0) is 30.8. The summed E-state index contributed by atoms with van der Waals surface area (Å²) >= 11 is 0. The van der Waals surface area contributed by atoms with Crippen LogP contribution in [0.5, 0.6) is 0 Å². The first kappa shape index (κ1) is 41.0. The monoisotopic (exact) mass is 616 g/mol. The number of aliphatic hydroxyl groups is 1. The summed E-state index contributed by atoms with van der Waals surface area (Å²) in [5.74, 6) is -0.388. The van der Waals surface area contributed by atoms with Gasteiger partial charge in [0, 0.05) is 0 Å². The second-order valence-corrected chi connectivity index (χ2v) is 9.49. The van der Waals surface area contributed by atoms with E-state index in [-0.39, 0.29) is 19.2 Å². The van der Waals surface area contributed by atoms with E-state index >= 15 is 0 Å². The van der Waals surface area contributed by atoms with Crippen LogP contribution in [0.25, 0.3) is 0 Å². The lowest BCUT2D eigenvalue weighted by atomic mass is 10.2. The fraction of sp³-hybridized carbons (Fsp3) is 0.964. The van der Waals surface area contributed by atoms with Gasteiger partial charge in [0.1, 0.15) is 12.2 Å². The van der Waals surface area contributed by atoms with Gasteiger partial charge < -0.3 is 61.9 Å². The molecule has 0 rings (SSSR count). The molecule has 0 radical (unpaired) electrons. The number of rotatable bonds is 34. The Kier molecular flexibility index (Phi) is 32.1. The molecule has 0 aliphatic carbocycles. The van der Waals surface area contributed by atoms with Crippen LogP contribution < -0.4 is 0 Å². The highest BCUT2D eigenvalue weighted by Crippen LogP contribution is 2.06. The van der Waals surface area contributed by atoms with Gasteiger partial charge in [-0.15, -0.1) is 0 Å². The second-order valence-electron chi connectivity index (χ2n) is 9.49. The maximum atomic E-state index is 11.5. The summed E-state index contributed by atoms with van der Waals surface area (Å²) in [7, 11) is 0. The summed E-state index contributed by atoms with van der Waals surface area (Å²) in [6, 6.07) is 0. The van der Waals surface area contributed by atoms with Crippen molar-refractivity contribution in [3.63, 3.8) is 0 Å². The molecule has 0 aromatic carbocycles. The molecule has 0 aromatic rings. The normalized spacial score (nSPS) is 11.8. The molecule has 0 spiro atoms. The molecule has 1 N–H and O–H groups in total. The lowest BCUT2D eigenvalue weighted by Crippen LogP contribution is -2.27.